The first-order valence-corrected chi connectivity index (χ1v) is 12.6. The molecule has 7 nitrogen and oxygen atoms in total. The van der Waals surface area contributed by atoms with Gasteiger partial charge in [-0.1, -0.05) is 81.1 Å². The first-order chi connectivity index (χ1) is 17.0. The van der Waals surface area contributed by atoms with Crippen molar-refractivity contribution in [1.82, 2.24) is 10.6 Å². The number of hydrogen-bond donors (Lipinski definition) is 3. The van der Waals surface area contributed by atoms with Gasteiger partial charge in [0.25, 0.3) is 0 Å². The Kier molecular flexibility index (Phi) is 8.06. The van der Waals surface area contributed by atoms with E-state index < -0.39 is 24.0 Å². The number of nitrogens with one attached hydrogen (secondary N) is 2. The molecule has 2 atom stereocenters. The number of benzene rings is 2. The maximum Gasteiger partial charge on any atom is 0.407 e. The number of alkyl carbamates (subject to hydrolysis) is 1. The summed E-state index contributed by atoms with van der Waals surface area (Å²) in [6.07, 6.45) is 4.17. The molecule has 0 saturated heterocycles. The molecular formula is C28H34N2O5. The number of carboxylic acid groups (broad SMARTS) is 1. The van der Waals surface area contributed by atoms with Gasteiger partial charge in [0.2, 0.25) is 5.91 Å². The molecule has 2 aliphatic rings. The van der Waals surface area contributed by atoms with Crippen molar-refractivity contribution in [1.29, 1.82) is 0 Å². The summed E-state index contributed by atoms with van der Waals surface area (Å²) in [7, 11) is 0. The summed E-state index contributed by atoms with van der Waals surface area (Å²) in [6, 6.07) is 15.4. The number of amides is 2. The van der Waals surface area contributed by atoms with Crippen LogP contribution in [0.1, 0.15) is 62.5 Å². The fraction of sp³-hybridized carbons (Fsp3) is 0.464. The Morgan fingerprint density at radius 1 is 1.03 bits per heavy atom. The molecule has 0 aromatic heterocycles. The lowest BCUT2D eigenvalue weighted by atomic mass is 9.98. The molecule has 2 aliphatic carbocycles. The largest absolute Gasteiger partial charge is 0.480 e. The zero-order valence-corrected chi connectivity index (χ0v) is 20.2. The minimum absolute atomic E-state index is 0.0337. The number of carbonyl (C=O) groups is 3. The smallest absolute Gasteiger partial charge is 0.407 e. The third-order valence-electron chi connectivity index (χ3n) is 6.98. The van der Waals surface area contributed by atoms with E-state index in [0.717, 1.165) is 47.9 Å². The second kappa shape index (κ2) is 11.4. The van der Waals surface area contributed by atoms with Crippen molar-refractivity contribution in [3.63, 3.8) is 0 Å². The van der Waals surface area contributed by atoms with Gasteiger partial charge < -0.3 is 20.5 Å². The van der Waals surface area contributed by atoms with Gasteiger partial charge in [0.1, 0.15) is 12.6 Å². The predicted octanol–water partition coefficient (Wildman–Crippen LogP) is 4.70. The molecule has 2 amide bonds. The van der Waals surface area contributed by atoms with Crippen molar-refractivity contribution in [3.05, 3.63) is 59.7 Å². The Hall–Kier alpha value is -3.35. The summed E-state index contributed by atoms with van der Waals surface area (Å²) >= 11 is 0. The minimum Gasteiger partial charge on any atom is -0.480 e. The molecule has 0 aliphatic heterocycles. The molecule has 1 saturated carbocycles. The summed E-state index contributed by atoms with van der Waals surface area (Å²) < 4.78 is 5.59. The number of aliphatic carboxylic acids is 1. The molecule has 0 spiro atoms. The van der Waals surface area contributed by atoms with Crippen molar-refractivity contribution in [2.75, 3.05) is 13.2 Å². The molecule has 0 radical (unpaired) electrons. The lowest BCUT2D eigenvalue weighted by Crippen LogP contribution is -2.46. The highest BCUT2D eigenvalue weighted by atomic mass is 16.5. The molecule has 0 heterocycles. The molecule has 0 bridgehead atoms. The second-order valence-corrected chi connectivity index (χ2v) is 9.62. The Morgan fingerprint density at radius 2 is 1.66 bits per heavy atom. The van der Waals surface area contributed by atoms with Crippen LogP contribution in [0.5, 0.6) is 0 Å². The van der Waals surface area contributed by atoms with Crippen LogP contribution in [0, 0.1) is 11.8 Å². The third kappa shape index (κ3) is 6.21. The molecule has 2 aromatic rings. The normalized spacial score (nSPS) is 16.0. The fourth-order valence-electron chi connectivity index (χ4n) is 4.85. The van der Waals surface area contributed by atoms with E-state index in [1.165, 1.54) is 0 Å². The molecule has 186 valence electrons. The van der Waals surface area contributed by atoms with Crippen LogP contribution in [0.3, 0.4) is 0 Å². The highest BCUT2D eigenvalue weighted by Gasteiger charge is 2.32. The average Bonchev–Trinajstić information content (AvgIpc) is 3.63. The number of fused-ring (bicyclic) bond motifs is 3. The van der Waals surface area contributed by atoms with Crippen molar-refractivity contribution < 1.29 is 24.2 Å². The van der Waals surface area contributed by atoms with E-state index in [1.807, 2.05) is 31.2 Å². The van der Waals surface area contributed by atoms with Crippen molar-refractivity contribution in [2.24, 2.45) is 11.8 Å². The molecular weight excluding hydrogens is 444 g/mol. The van der Waals surface area contributed by atoms with Crippen LogP contribution in [0.25, 0.3) is 11.1 Å². The Labute approximate surface area is 206 Å². The molecule has 2 aromatic carbocycles. The van der Waals surface area contributed by atoms with Gasteiger partial charge in [-0.3, -0.25) is 4.79 Å². The number of ether oxygens (including phenoxy) is 1. The van der Waals surface area contributed by atoms with Crippen LogP contribution < -0.4 is 10.6 Å². The molecule has 4 rings (SSSR count). The first-order valence-electron chi connectivity index (χ1n) is 12.6. The molecule has 1 fully saturated rings. The van der Waals surface area contributed by atoms with E-state index in [1.54, 1.807) is 0 Å². The molecule has 35 heavy (non-hydrogen) atoms. The van der Waals surface area contributed by atoms with Gasteiger partial charge in [-0.2, -0.15) is 0 Å². The second-order valence-electron chi connectivity index (χ2n) is 9.62. The highest BCUT2D eigenvalue weighted by molar-refractivity contribution is 5.85. The van der Waals surface area contributed by atoms with Gasteiger partial charge in [0.15, 0.2) is 0 Å². The summed E-state index contributed by atoms with van der Waals surface area (Å²) in [5.74, 6) is -1.41. The third-order valence-corrected chi connectivity index (χ3v) is 6.98. The number of carboxylic acids is 1. The van der Waals surface area contributed by atoms with Gasteiger partial charge in [0, 0.05) is 12.5 Å². The molecule has 7 heteroatoms. The van der Waals surface area contributed by atoms with Gasteiger partial charge in [-0.15, -0.1) is 0 Å². The number of carbonyl (C=O) groups excluding carboxylic acids is 2. The molecule has 2 unspecified atom stereocenters. The van der Waals surface area contributed by atoms with Gasteiger partial charge in [0.05, 0.1) is 5.92 Å². The van der Waals surface area contributed by atoms with Crippen LogP contribution in [-0.2, 0) is 14.3 Å². The van der Waals surface area contributed by atoms with Gasteiger partial charge in [-0.05, 0) is 41.0 Å². The number of unbranched alkanes of at least 4 members (excludes halogenated alkanes) is 1. The monoisotopic (exact) mass is 478 g/mol. The maximum absolute atomic E-state index is 12.9. The average molecular weight is 479 g/mol. The standard InChI is InChI=1S/C28H34N2O5/c1-2-3-12-25(27(32)33)30-26(31)19(15-18-13-14-18)16-29-28(34)35-17-24-22-10-6-4-8-20(22)21-9-5-7-11-23(21)24/h4-11,18-19,24-25H,2-3,12-17H2,1H3,(H,29,34)(H,30,31)(H,32,33). The Morgan fingerprint density at radius 3 is 2.23 bits per heavy atom. The van der Waals surface area contributed by atoms with Crippen molar-refractivity contribution in [2.45, 2.75) is 57.4 Å². The van der Waals surface area contributed by atoms with E-state index >= 15 is 0 Å². The molecule has 3 N–H and O–H groups in total. The zero-order chi connectivity index (χ0) is 24.8. The van der Waals surface area contributed by atoms with E-state index in [9.17, 15) is 19.5 Å². The Balaban J connectivity index is 1.33. The van der Waals surface area contributed by atoms with Crippen LogP contribution in [0.2, 0.25) is 0 Å². The summed E-state index contributed by atoms with van der Waals surface area (Å²) in [5, 5.41) is 14.9. The lowest BCUT2D eigenvalue weighted by Gasteiger charge is -2.21. The zero-order valence-electron chi connectivity index (χ0n) is 20.2. The van der Waals surface area contributed by atoms with Gasteiger partial charge >= 0.3 is 12.1 Å². The minimum atomic E-state index is -1.03. The van der Waals surface area contributed by atoms with Crippen molar-refractivity contribution in [3.8, 4) is 11.1 Å². The highest BCUT2D eigenvalue weighted by Crippen LogP contribution is 2.44. The van der Waals surface area contributed by atoms with E-state index in [2.05, 4.69) is 34.9 Å². The predicted molar refractivity (Wildman–Crippen MR) is 133 cm³/mol. The number of hydrogen-bond acceptors (Lipinski definition) is 4. The van der Waals surface area contributed by atoms with E-state index in [0.29, 0.717) is 18.8 Å². The summed E-state index contributed by atoms with van der Waals surface area (Å²) in [5.41, 5.74) is 4.60. The van der Waals surface area contributed by atoms with Crippen LogP contribution in [0.4, 0.5) is 4.79 Å². The Bertz CT molecular complexity index is 1020. The lowest BCUT2D eigenvalue weighted by molar-refractivity contribution is -0.142. The summed E-state index contributed by atoms with van der Waals surface area (Å²) in [4.78, 5) is 37.0. The van der Waals surface area contributed by atoms with Crippen molar-refractivity contribution >= 4 is 18.0 Å². The SMILES string of the molecule is CCCCC(NC(=O)C(CNC(=O)OCC1c2ccccc2-c2ccccc21)CC1CC1)C(=O)O. The summed E-state index contributed by atoms with van der Waals surface area (Å²) in [6.45, 7) is 2.31. The van der Waals surface area contributed by atoms with Gasteiger partial charge in [-0.25, -0.2) is 9.59 Å². The van der Waals surface area contributed by atoms with Crippen LogP contribution in [-0.4, -0.2) is 42.3 Å². The fourth-order valence-corrected chi connectivity index (χ4v) is 4.85. The quantitative estimate of drug-likeness (QED) is 0.410. The van der Waals surface area contributed by atoms with E-state index in [-0.39, 0.29) is 25.0 Å². The first kappa shape index (κ1) is 24.8. The van der Waals surface area contributed by atoms with Crippen LogP contribution in [0.15, 0.2) is 48.5 Å². The van der Waals surface area contributed by atoms with Crippen LogP contribution >= 0.6 is 0 Å². The number of rotatable bonds is 12. The van der Waals surface area contributed by atoms with E-state index in [4.69, 9.17) is 4.74 Å². The topological polar surface area (TPSA) is 105 Å². The maximum atomic E-state index is 12.9.